The number of nitro benzene ring substituents is 1. The van der Waals surface area contributed by atoms with Gasteiger partial charge in [-0.25, -0.2) is 4.79 Å². The third kappa shape index (κ3) is 6.02. The summed E-state index contributed by atoms with van der Waals surface area (Å²) in [6.07, 6.45) is 0. The number of non-ortho nitro benzene ring substituents is 1. The van der Waals surface area contributed by atoms with Crippen molar-refractivity contribution in [2.24, 2.45) is 5.92 Å². The lowest BCUT2D eigenvalue weighted by atomic mass is 9.94. The van der Waals surface area contributed by atoms with Gasteiger partial charge in [0.15, 0.2) is 5.11 Å². The summed E-state index contributed by atoms with van der Waals surface area (Å²) in [6.45, 7) is 8.66. The minimum Gasteiger partial charge on any atom is -0.462 e. The zero-order valence-corrected chi connectivity index (χ0v) is 20.8. The van der Waals surface area contributed by atoms with Gasteiger partial charge < -0.3 is 20.3 Å². The Morgan fingerprint density at radius 3 is 2.51 bits per heavy atom. The van der Waals surface area contributed by atoms with Crippen molar-refractivity contribution in [1.82, 2.24) is 10.2 Å². The van der Waals surface area contributed by atoms with Gasteiger partial charge in [0.2, 0.25) is 0 Å². The first-order chi connectivity index (χ1) is 16.6. The quantitative estimate of drug-likeness (QED) is 0.236. The first-order valence-corrected chi connectivity index (χ1v) is 11.6. The standard InChI is InChI=1S/C25H28N4O5S/c1-5-28-16(4)21(24(31)34-14-15(2)3)22(27-25(28)35)17-9-11-19(12-10-17)26-23(30)18-7-6-8-20(13-18)29(32)33/h6-13,15,22H,5,14H2,1-4H3,(H,26,30)(H,27,35). The Labute approximate surface area is 209 Å². The maximum atomic E-state index is 13.0. The Balaban J connectivity index is 1.84. The lowest BCUT2D eigenvalue weighted by Crippen LogP contribution is -2.47. The highest BCUT2D eigenvalue weighted by Gasteiger charge is 2.34. The highest BCUT2D eigenvalue weighted by Crippen LogP contribution is 2.32. The first kappa shape index (κ1) is 25.8. The van der Waals surface area contributed by atoms with Crippen LogP contribution in [0.2, 0.25) is 0 Å². The molecule has 0 saturated carbocycles. The number of hydrogen-bond donors (Lipinski definition) is 2. The predicted octanol–water partition coefficient (Wildman–Crippen LogP) is 4.57. The van der Waals surface area contributed by atoms with Crippen LogP contribution < -0.4 is 10.6 Å². The molecule has 3 rings (SSSR count). The second-order valence-electron chi connectivity index (χ2n) is 8.50. The zero-order chi connectivity index (χ0) is 25.7. The fourth-order valence-electron chi connectivity index (χ4n) is 3.72. The van der Waals surface area contributed by atoms with Crippen molar-refractivity contribution in [2.45, 2.75) is 33.7 Å². The van der Waals surface area contributed by atoms with Crippen LogP contribution in [0, 0.1) is 16.0 Å². The fraction of sp³-hybridized carbons (Fsp3) is 0.320. The van der Waals surface area contributed by atoms with E-state index in [0.29, 0.717) is 29.5 Å². The summed E-state index contributed by atoms with van der Waals surface area (Å²) in [7, 11) is 0. The van der Waals surface area contributed by atoms with E-state index < -0.39 is 22.8 Å². The van der Waals surface area contributed by atoms with Gasteiger partial charge in [-0.1, -0.05) is 32.0 Å². The highest BCUT2D eigenvalue weighted by atomic mass is 32.1. The molecular weight excluding hydrogens is 468 g/mol. The zero-order valence-electron chi connectivity index (χ0n) is 20.0. The van der Waals surface area contributed by atoms with Crippen LogP contribution >= 0.6 is 12.2 Å². The number of amides is 1. The fourth-order valence-corrected chi connectivity index (χ4v) is 4.10. The van der Waals surface area contributed by atoms with Crippen LogP contribution in [0.15, 0.2) is 59.8 Å². The number of benzene rings is 2. The second-order valence-corrected chi connectivity index (χ2v) is 8.89. The van der Waals surface area contributed by atoms with E-state index in [-0.39, 0.29) is 17.2 Å². The largest absolute Gasteiger partial charge is 0.462 e. The van der Waals surface area contributed by atoms with Gasteiger partial charge in [0, 0.05) is 35.6 Å². The number of nitro groups is 1. The Kier molecular flexibility index (Phi) is 8.18. The van der Waals surface area contributed by atoms with Crippen LogP contribution in [-0.4, -0.2) is 40.0 Å². The van der Waals surface area contributed by atoms with E-state index in [0.717, 1.165) is 11.3 Å². The minimum atomic E-state index is -0.549. The molecule has 184 valence electrons. The number of nitrogens with one attached hydrogen (secondary N) is 2. The Hall–Kier alpha value is -3.79. The van der Waals surface area contributed by atoms with Gasteiger partial charge in [0.25, 0.3) is 11.6 Å². The Bertz CT molecular complexity index is 1180. The molecule has 1 amide bonds. The number of esters is 1. The second kappa shape index (κ2) is 11.1. The summed E-state index contributed by atoms with van der Waals surface area (Å²) < 4.78 is 5.53. The van der Waals surface area contributed by atoms with E-state index in [2.05, 4.69) is 10.6 Å². The number of carbonyl (C=O) groups is 2. The van der Waals surface area contributed by atoms with E-state index in [1.165, 1.54) is 24.3 Å². The number of nitrogens with zero attached hydrogens (tertiary/aromatic N) is 2. The molecule has 1 unspecified atom stereocenters. The monoisotopic (exact) mass is 496 g/mol. The van der Waals surface area contributed by atoms with Crippen molar-refractivity contribution in [3.63, 3.8) is 0 Å². The maximum absolute atomic E-state index is 13.0. The van der Waals surface area contributed by atoms with Crippen LogP contribution in [0.3, 0.4) is 0 Å². The molecule has 2 aromatic rings. The molecule has 9 nitrogen and oxygen atoms in total. The molecule has 0 fully saturated rings. The summed E-state index contributed by atoms with van der Waals surface area (Å²) in [5, 5.41) is 17.5. The topological polar surface area (TPSA) is 114 Å². The average Bonchev–Trinajstić information content (AvgIpc) is 2.83. The lowest BCUT2D eigenvalue weighted by molar-refractivity contribution is -0.384. The Morgan fingerprint density at radius 2 is 1.91 bits per heavy atom. The number of carbonyl (C=O) groups excluding carboxylic acids is 2. The maximum Gasteiger partial charge on any atom is 0.338 e. The van der Waals surface area contributed by atoms with Gasteiger partial charge in [-0.2, -0.15) is 0 Å². The summed E-state index contributed by atoms with van der Waals surface area (Å²) in [6, 6.07) is 12.0. The molecule has 0 radical (unpaired) electrons. The molecule has 0 spiro atoms. The number of allylic oxidation sites excluding steroid dienone is 1. The van der Waals surface area contributed by atoms with Gasteiger partial charge in [-0.3, -0.25) is 14.9 Å². The molecule has 0 saturated heterocycles. The molecule has 1 atom stereocenters. The molecule has 0 aliphatic carbocycles. The van der Waals surface area contributed by atoms with Crippen molar-refractivity contribution in [3.8, 4) is 0 Å². The third-order valence-electron chi connectivity index (χ3n) is 5.50. The Morgan fingerprint density at radius 1 is 1.23 bits per heavy atom. The van der Waals surface area contributed by atoms with Gasteiger partial charge in [0.05, 0.1) is 23.1 Å². The summed E-state index contributed by atoms with van der Waals surface area (Å²) >= 11 is 5.52. The molecule has 2 N–H and O–H groups in total. The molecule has 0 aromatic heterocycles. The van der Waals surface area contributed by atoms with Gasteiger partial charge in [0.1, 0.15) is 0 Å². The molecule has 10 heteroatoms. The van der Waals surface area contributed by atoms with Crippen molar-refractivity contribution < 1.29 is 19.2 Å². The smallest absolute Gasteiger partial charge is 0.338 e. The van der Waals surface area contributed by atoms with Crippen LogP contribution in [-0.2, 0) is 9.53 Å². The summed E-state index contributed by atoms with van der Waals surface area (Å²) in [4.78, 5) is 37.9. The average molecular weight is 497 g/mol. The molecular formula is C25H28N4O5S. The molecule has 0 bridgehead atoms. The number of rotatable bonds is 8. The number of hydrogen-bond acceptors (Lipinski definition) is 6. The highest BCUT2D eigenvalue weighted by molar-refractivity contribution is 7.80. The van der Waals surface area contributed by atoms with Crippen LogP contribution in [0.5, 0.6) is 0 Å². The number of thiocarbonyl (C=S) groups is 1. The molecule has 1 aliphatic heterocycles. The SMILES string of the molecule is CCN1C(=S)NC(c2ccc(NC(=O)c3cccc([N+](=O)[O-])c3)cc2)C(C(=O)OCC(C)C)=C1C. The van der Waals surface area contributed by atoms with Crippen LogP contribution in [0.1, 0.15) is 49.7 Å². The predicted molar refractivity (Wildman–Crippen MR) is 137 cm³/mol. The van der Waals surface area contributed by atoms with Crippen molar-refractivity contribution in [1.29, 1.82) is 0 Å². The molecule has 35 heavy (non-hydrogen) atoms. The van der Waals surface area contributed by atoms with E-state index in [1.54, 1.807) is 24.3 Å². The first-order valence-electron chi connectivity index (χ1n) is 11.2. The normalized spacial score (nSPS) is 15.6. The van der Waals surface area contributed by atoms with Crippen molar-refractivity contribution in [3.05, 3.63) is 81.0 Å². The number of ether oxygens (including phenoxy) is 1. The summed E-state index contributed by atoms with van der Waals surface area (Å²) in [5.41, 5.74) is 2.51. The number of anilines is 1. The van der Waals surface area contributed by atoms with Gasteiger partial charge in [-0.05, 0) is 55.7 Å². The van der Waals surface area contributed by atoms with Crippen LogP contribution in [0.25, 0.3) is 0 Å². The van der Waals surface area contributed by atoms with E-state index in [9.17, 15) is 19.7 Å². The van der Waals surface area contributed by atoms with Crippen LogP contribution in [0.4, 0.5) is 11.4 Å². The van der Waals surface area contributed by atoms with E-state index in [1.807, 2.05) is 32.6 Å². The van der Waals surface area contributed by atoms with E-state index >= 15 is 0 Å². The van der Waals surface area contributed by atoms with Gasteiger partial charge in [-0.15, -0.1) is 0 Å². The summed E-state index contributed by atoms with van der Waals surface area (Å²) in [5.74, 6) is -0.671. The molecule has 1 aliphatic rings. The lowest BCUT2D eigenvalue weighted by Gasteiger charge is -2.37. The van der Waals surface area contributed by atoms with Crippen molar-refractivity contribution in [2.75, 3.05) is 18.5 Å². The third-order valence-corrected chi connectivity index (χ3v) is 5.84. The molecule has 2 aromatic carbocycles. The minimum absolute atomic E-state index is 0.160. The van der Waals surface area contributed by atoms with E-state index in [4.69, 9.17) is 17.0 Å². The van der Waals surface area contributed by atoms with Crippen molar-refractivity contribution >= 4 is 40.6 Å². The van der Waals surface area contributed by atoms with Gasteiger partial charge >= 0.3 is 5.97 Å². The molecule has 1 heterocycles.